The van der Waals surface area contributed by atoms with Gasteiger partial charge in [0, 0.05) is 17.4 Å². The highest BCUT2D eigenvalue weighted by atomic mass is 79.9. The molecule has 0 saturated carbocycles. The third kappa shape index (κ3) is 7.04. The van der Waals surface area contributed by atoms with Gasteiger partial charge in [0.15, 0.2) is 0 Å². The van der Waals surface area contributed by atoms with E-state index in [9.17, 15) is 13.2 Å². The van der Waals surface area contributed by atoms with Gasteiger partial charge in [0.2, 0.25) is 15.9 Å². The van der Waals surface area contributed by atoms with Crippen LogP contribution in [0.25, 0.3) is 0 Å². The highest BCUT2D eigenvalue weighted by Gasteiger charge is 2.14. The van der Waals surface area contributed by atoms with Crippen LogP contribution in [0, 0.1) is 5.92 Å². The molecule has 2 rings (SSSR count). The van der Waals surface area contributed by atoms with Gasteiger partial charge in [0.1, 0.15) is 0 Å². The number of nitrogens with one attached hydrogen (secondary N) is 2. The standard InChI is InChI=1S/C21H27BrN2O3S/c1-15(2)14-23-28(26,27)20-11-4-17(5-12-20)6-13-21(25)24-16(3)18-7-9-19(22)10-8-18/h4-5,7-12,15-16,23H,6,13-14H2,1-3H3,(H,24,25)/t16-/m0/s1. The normalized spacial score (nSPS) is 12.8. The number of halogens is 1. The van der Waals surface area contributed by atoms with Crippen LogP contribution in [0.5, 0.6) is 0 Å². The molecule has 0 bridgehead atoms. The Hall–Kier alpha value is -1.70. The summed E-state index contributed by atoms with van der Waals surface area (Å²) < 4.78 is 28.0. The molecule has 0 radical (unpaired) electrons. The monoisotopic (exact) mass is 466 g/mol. The molecule has 0 aliphatic heterocycles. The van der Waals surface area contributed by atoms with Crippen molar-refractivity contribution < 1.29 is 13.2 Å². The van der Waals surface area contributed by atoms with Gasteiger partial charge < -0.3 is 5.32 Å². The van der Waals surface area contributed by atoms with Crippen LogP contribution in [-0.2, 0) is 21.2 Å². The molecular formula is C21H27BrN2O3S. The maximum absolute atomic E-state index is 12.2. The van der Waals surface area contributed by atoms with E-state index in [1.54, 1.807) is 24.3 Å². The molecule has 0 aromatic heterocycles. The van der Waals surface area contributed by atoms with E-state index in [-0.39, 0.29) is 22.8 Å². The zero-order valence-corrected chi connectivity index (χ0v) is 18.8. The molecule has 152 valence electrons. The number of carbonyl (C=O) groups excluding carboxylic acids is 1. The van der Waals surface area contributed by atoms with Gasteiger partial charge in [0.25, 0.3) is 0 Å². The van der Waals surface area contributed by atoms with Gasteiger partial charge >= 0.3 is 0 Å². The Kier molecular flexibility index (Phi) is 8.22. The summed E-state index contributed by atoms with van der Waals surface area (Å²) in [6.07, 6.45) is 0.900. The van der Waals surface area contributed by atoms with Gasteiger partial charge in [-0.3, -0.25) is 4.79 Å². The minimum absolute atomic E-state index is 0.0364. The molecule has 1 amide bonds. The van der Waals surface area contributed by atoms with Crippen LogP contribution in [0.1, 0.15) is 44.4 Å². The van der Waals surface area contributed by atoms with E-state index in [0.717, 1.165) is 15.6 Å². The molecule has 0 spiro atoms. The van der Waals surface area contributed by atoms with E-state index >= 15 is 0 Å². The van der Waals surface area contributed by atoms with Gasteiger partial charge in [-0.1, -0.05) is 54.0 Å². The zero-order valence-electron chi connectivity index (χ0n) is 16.4. The van der Waals surface area contributed by atoms with E-state index in [1.165, 1.54) is 0 Å². The topological polar surface area (TPSA) is 75.3 Å². The van der Waals surface area contributed by atoms with Crippen molar-refractivity contribution in [2.45, 2.75) is 44.6 Å². The summed E-state index contributed by atoms with van der Waals surface area (Å²) in [5.74, 6) is 0.207. The van der Waals surface area contributed by atoms with Crippen molar-refractivity contribution in [1.29, 1.82) is 0 Å². The van der Waals surface area contributed by atoms with Crippen LogP contribution in [0.3, 0.4) is 0 Å². The summed E-state index contributed by atoms with van der Waals surface area (Å²) in [6.45, 7) is 6.26. The Bertz CT molecular complexity index is 879. The van der Waals surface area contributed by atoms with Crippen LogP contribution >= 0.6 is 15.9 Å². The summed E-state index contributed by atoms with van der Waals surface area (Å²) >= 11 is 3.40. The van der Waals surface area contributed by atoms with Gasteiger partial charge in [-0.2, -0.15) is 0 Å². The second kappa shape index (κ2) is 10.2. The summed E-state index contributed by atoms with van der Waals surface area (Å²) in [7, 11) is -3.49. The van der Waals surface area contributed by atoms with E-state index < -0.39 is 10.0 Å². The molecule has 28 heavy (non-hydrogen) atoms. The average molecular weight is 467 g/mol. The molecule has 0 unspecified atom stereocenters. The molecule has 2 aromatic carbocycles. The lowest BCUT2D eigenvalue weighted by Gasteiger charge is -2.14. The number of aryl methyl sites for hydroxylation is 1. The Labute approximate surface area is 176 Å². The van der Waals surface area contributed by atoms with Crippen LogP contribution < -0.4 is 10.0 Å². The molecule has 0 fully saturated rings. The molecule has 0 heterocycles. The van der Waals surface area contributed by atoms with Crippen LogP contribution in [0.15, 0.2) is 57.9 Å². The van der Waals surface area contributed by atoms with Crippen LogP contribution in [0.2, 0.25) is 0 Å². The van der Waals surface area contributed by atoms with Crippen molar-refractivity contribution in [3.05, 3.63) is 64.1 Å². The highest BCUT2D eigenvalue weighted by molar-refractivity contribution is 9.10. The lowest BCUT2D eigenvalue weighted by atomic mass is 10.1. The van der Waals surface area contributed by atoms with Crippen molar-refractivity contribution in [1.82, 2.24) is 10.0 Å². The molecule has 0 aliphatic carbocycles. The maximum Gasteiger partial charge on any atom is 0.240 e. The summed E-state index contributed by atoms with van der Waals surface area (Å²) in [4.78, 5) is 12.5. The summed E-state index contributed by atoms with van der Waals surface area (Å²) in [6, 6.07) is 14.5. The summed E-state index contributed by atoms with van der Waals surface area (Å²) in [5.41, 5.74) is 1.97. The first-order valence-electron chi connectivity index (χ1n) is 9.31. The zero-order chi connectivity index (χ0) is 20.7. The molecule has 5 nitrogen and oxygen atoms in total. The number of hydrogen-bond acceptors (Lipinski definition) is 3. The number of rotatable bonds is 9. The number of amides is 1. The fourth-order valence-electron chi connectivity index (χ4n) is 2.60. The van der Waals surface area contributed by atoms with Crippen molar-refractivity contribution >= 4 is 31.9 Å². The number of hydrogen-bond donors (Lipinski definition) is 2. The molecule has 0 saturated heterocycles. The Morgan fingerprint density at radius 1 is 1.00 bits per heavy atom. The maximum atomic E-state index is 12.2. The van der Waals surface area contributed by atoms with Crippen molar-refractivity contribution in [3.8, 4) is 0 Å². The molecule has 0 aliphatic rings. The van der Waals surface area contributed by atoms with Crippen molar-refractivity contribution in [2.24, 2.45) is 5.92 Å². The van der Waals surface area contributed by atoms with E-state index in [1.807, 2.05) is 45.0 Å². The Balaban J connectivity index is 1.87. The average Bonchev–Trinajstić information content (AvgIpc) is 2.65. The van der Waals surface area contributed by atoms with Crippen molar-refractivity contribution in [2.75, 3.05) is 6.54 Å². The smallest absolute Gasteiger partial charge is 0.240 e. The number of benzene rings is 2. The van der Waals surface area contributed by atoms with Gasteiger partial charge in [0.05, 0.1) is 10.9 Å². The fourth-order valence-corrected chi connectivity index (χ4v) is 4.08. The largest absolute Gasteiger partial charge is 0.350 e. The highest BCUT2D eigenvalue weighted by Crippen LogP contribution is 2.17. The molecule has 1 atom stereocenters. The molecular weight excluding hydrogens is 440 g/mol. The van der Waals surface area contributed by atoms with Gasteiger partial charge in [-0.15, -0.1) is 0 Å². The Morgan fingerprint density at radius 3 is 2.18 bits per heavy atom. The van der Waals surface area contributed by atoms with E-state index in [0.29, 0.717) is 19.4 Å². The first-order chi connectivity index (χ1) is 13.2. The number of carbonyl (C=O) groups is 1. The van der Waals surface area contributed by atoms with Crippen LogP contribution in [-0.4, -0.2) is 20.9 Å². The quantitative estimate of drug-likeness (QED) is 0.581. The second-order valence-corrected chi connectivity index (χ2v) is 9.91. The first kappa shape index (κ1) is 22.6. The van der Waals surface area contributed by atoms with Gasteiger partial charge in [-0.05, 0) is 54.7 Å². The predicted molar refractivity (Wildman–Crippen MR) is 115 cm³/mol. The van der Waals surface area contributed by atoms with E-state index in [4.69, 9.17) is 0 Å². The third-order valence-corrected chi connectivity index (χ3v) is 6.27. The molecule has 2 N–H and O–H groups in total. The second-order valence-electron chi connectivity index (χ2n) is 7.23. The Morgan fingerprint density at radius 2 is 1.61 bits per heavy atom. The number of sulfonamides is 1. The summed E-state index contributed by atoms with van der Waals surface area (Å²) in [5, 5.41) is 2.99. The first-order valence-corrected chi connectivity index (χ1v) is 11.6. The van der Waals surface area contributed by atoms with Crippen molar-refractivity contribution in [3.63, 3.8) is 0 Å². The lowest BCUT2D eigenvalue weighted by Crippen LogP contribution is -2.27. The minimum atomic E-state index is -3.49. The van der Waals surface area contributed by atoms with E-state index in [2.05, 4.69) is 26.0 Å². The lowest BCUT2D eigenvalue weighted by molar-refractivity contribution is -0.121. The molecule has 2 aromatic rings. The minimum Gasteiger partial charge on any atom is -0.350 e. The van der Waals surface area contributed by atoms with Crippen LogP contribution in [0.4, 0.5) is 0 Å². The third-order valence-electron chi connectivity index (χ3n) is 4.30. The predicted octanol–water partition coefficient (Wildman–Crippen LogP) is 4.19. The molecule has 7 heteroatoms. The fraction of sp³-hybridized carbons (Fsp3) is 0.381. The van der Waals surface area contributed by atoms with Gasteiger partial charge in [-0.25, -0.2) is 13.1 Å². The SMILES string of the molecule is CC(C)CNS(=O)(=O)c1ccc(CCC(=O)N[C@@H](C)c2ccc(Br)cc2)cc1.